The molecule has 0 radical (unpaired) electrons. The van der Waals surface area contributed by atoms with Crippen LogP contribution in [-0.4, -0.2) is 5.11 Å². The fourth-order valence-corrected chi connectivity index (χ4v) is 2.48. The molecule has 0 heterocycles. The van der Waals surface area contributed by atoms with E-state index in [0.717, 1.165) is 21.3 Å². The van der Waals surface area contributed by atoms with Crippen molar-refractivity contribution in [2.24, 2.45) is 0 Å². The molecule has 0 fully saturated rings. The lowest BCUT2D eigenvalue weighted by atomic mass is 9.87. The van der Waals surface area contributed by atoms with E-state index in [0.29, 0.717) is 6.61 Å². The van der Waals surface area contributed by atoms with E-state index in [4.69, 9.17) is 4.74 Å². The molecule has 0 saturated carbocycles. The number of rotatable bonds is 4. The summed E-state index contributed by atoms with van der Waals surface area (Å²) in [6, 6.07) is 14.1. The second-order valence-electron chi connectivity index (χ2n) is 6.15. The maximum atomic E-state index is 9.37. The van der Waals surface area contributed by atoms with Gasteiger partial charge < -0.3 is 9.84 Å². The molecular formula is C18H21BrO2. The maximum Gasteiger partial charge on any atom is 0.125 e. The molecule has 2 nitrogen and oxygen atoms in total. The standard InChI is InChI=1S/C18H21BrO2/c1-18(2,3)15-6-4-13(5-7-15)12-21-17-9-8-16(19)10-14(17)11-20/h4-10,20H,11-12H2,1-3H3. The quantitative estimate of drug-likeness (QED) is 0.858. The van der Waals surface area contributed by atoms with E-state index in [9.17, 15) is 5.11 Å². The van der Waals surface area contributed by atoms with Crippen molar-refractivity contribution in [3.63, 3.8) is 0 Å². The summed E-state index contributed by atoms with van der Waals surface area (Å²) in [4.78, 5) is 0. The monoisotopic (exact) mass is 348 g/mol. The van der Waals surface area contributed by atoms with Gasteiger partial charge in [-0.15, -0.1) is 0 Å². The first-order chi connectivity index (χ1) is 9.90. The number of aliphatic hydroxyl groups excluding tert-OH is 1. The average molecular weight is 349 g/mol. The molecule has 0 atom stereocenters. The summed E-state index contributed by atoms with van der Waals surface area (Å²) in [7, 11) is 0. The number of aliphatic hydroxyl groups is 1. The first-order valence-electron chi connectivity index (χ1n) is 7.01. The van der Waals surface area contributed by atoms with E-state index in [-0.39, 0.29) is 12.0 Å². The summed E-state index contributed by atoms with van der Waals surface area (Å²) in [5, 5.41) is 9.37. The Bertz CT molecular complexity index is 598. The zero-order valence-electron chi connectivity index (χ0n) is 12.7. The smallest absolute Gasteiger partial charge is 0.125 e. The van der Waals surface area contributed by atoms with Gasteiger partial charge in [0.2, 0.25) is 0 Å². The molecule has 2 aromatic rings. The minimum Gasteiger partial charge on any atom is -0.489 e. The summed E-state index contributed by atoms with van der Waals surface area (Å²) in [5.41, 5.74) is 3.38. The Kier molecular flexibility index (Phi) is 5.07. The van der Waals surface area contributed by atoms with Gasteiger partial charge in [-0.2, -0.15) is 0 Å². The fraction of sp³-hybridized carbons (Fsp3) is 0.333. The number of halogens is 1. The van der Waals surface area contributed by atoms with Crippen LogP contribution in [0.3, 0.4) is 0 Å². The Hall–Kier alpha value is -1.32. The molecule has 0 aliphatic rings. The highest BCUT2D eigenvalue weighted by Crippen LogP contribution is 2.25. The summed E-state index contributed by atoms with van der Waals surface area (Å²) in [6.45, 7) is 7.08. The zero-order valence-corrected chi connectivity index (χ0v) is 14.3. The lowest BCUT2D eigenvalue weighted by molar-refractivity contribution is 0.259. The van der Waals surface area contributed by atoms with E-state index in [1.165, 1.54) is 5.56 Å². The molecule has 0 spiro atoms. The summed E-state index contributed by atoms with van der Waals surface area (Å²) < 4.78 is 6.75. The summed E-state index contributed by atoms with van der Waals surface area (Å²) >= 11 is 3.39. The van der Waals surface area contributed by atoms with Crippen LogP contribution in [0.4, 0.5) is 0 Å². The zero-order chi connectivity index (χ0) is 15.5. The summed E-state index contributed by atoms with van der Waals surface area (Å²) in [5.74, 6) is 0.723. The SMILES string of the molecule is CC(C)(C)c1ccc(COc2ccc(Br)cc2CO)cc1. The van der Waals surface area contributed by atoms with Crippen LogP contribution in [0.2, 0.25) is 0 Å². The molecule has 0 aromatic heterocycles. The van der Waals surface area contributed by atoms with Crippen molar-refractivity contribution in [1.29, 1.82) is 0 Å². The lowest BCUT2D eigenvalue weighted by Crippen LogP contribution is -2.10. The van der Waals surface area contributed by atoms with Crippen LogP contribution in [0.25, 0.3) is 0 Å². The molecule has 0 amide bonds. The third-order valence-corrected chi connectivity index (χ3v) is 3.90. The largest absolute Gasteiger partial charge is 0.489 e. The molecule has 0 unspecified atom stereocenters. The van der Waals surface area contributed by atoms with Gasteiger partial charge in [-0.05, 0) is 34.7 Å². The van der Waals surface area contributed by atoms with Gasteiger partial charge in [-0.1, -0.05) is 61.0 Å². The van der Waals surface area contributed by atoms with E-state index < -0.39 is 0 Å². The molecule has 21 heavy (non-hydrogen) atoms. The van der Waals surface area contributed by atoms with Gasteiger partial charge >= 0.3 is 0 Å². The normalized spacial score (nSPS) is 11.5. The number of ether oxygens (including phenoxy) is 1. The van der Waals surface area contributed by atoms with Crippen LogP contribution < -0.4 is 4.74 Å². The summed E-state index contributed by atoms with van der Waals surface area (Å²) in [6.07, 6.45) is 0. The number of hydrogen-bond acceptors (Lipinski definition) is 2. The van der Waals surface area contributed by atoms with Gasteiger partial charge in [-0.25, -0.2) is 0 Å². The predicted molar refractivity (Wildman–Crippen MR) is 89.5 cm³/mol. The average Bonchev–Trinajstić information content (AvgIpc) is 2.45. The fourth-order valence-electron chi connectivity index (χ4n) is 2.07. The van der Waals surface area contributed by atoms with Crippen LogP contribution in [0.5, 0.6) is 5.75 Å². The third-order valence-electron chi connectivity index (χ3n) is 3.41. The Morgan fingerprint density at radius 3 is 2.29 bits per heavy atom. The van der Waals surface area contributed by atoms with E-state index in [1.54, 1.807) is 0 Å². The van der Waals surface area contributed by atoms with E-state index >= 15 is 0 Å². The molecule has 0 saturated heterocycles. The number of benzene rings is 2. The topological polar surface area (TPSA) is 29.5 Å². The van der Waals surface area contributed by atoms with Crippen LogP contribution in [0.15, 0.2) is 46.9 Å². The van der Waals surface area contributed by atoms with E-state index in [2.05, 4.69) is 61.0 Å². The van der Waals surface area contributed by atoms with Crippen molar-refractivity contribution in [3.8, 4) is 5.75 Å². The third kappa shape index (κ3) is 4.32. The first kappa shape index (κ1) is 16.1. The molecule has 2 aromatic carbocycles. The second kappa shape index (κ2) is 6.63. The maximum absolute atomic E-state index is 9.37. The minimum absolute atomic E-state index is 0.0300. The second-order valence-corrected chi connectivity index (χ2v) is 7.06. The van der Waals surface area contributed by atoms with Gasteiger partial charge in [0.1, 0.15) is 12.4 Å². The van der Waals surface area contributed by atoms with Gasteiger partial charge in [0.25, 0.3) is 0 Å². The van der Waals surface area contributed by atoms with Crippen LogP contribution >= 0.6 is 15.9 Å². The molecule has 1 N–H and O–H groups in total. The Labute approximate surface area is 134 Å². The highest BCUT2D eigenvalue weighted by molar-refractivity contribution is 9.10. The molecular weight excluding hydrogens is 328 g/mol. The molecule has 3 heteroatoms. The van der Waals surface area contributed by atoms with Crippen LogP contribution in [0.1, 0.15) is 37.5 Å². The van der Waals surface area contributed by atoms with Crippen LogP contribution in [-0.2, 0) is 18.6 Å². The van der Waals surface area contributed by atoms with E-state index in [1.807, 2.05) is 18.2 Å². The highest BCUT2D eigenvalue weighted by atomic mass is 79.9. The highest BCUT2D eigenvalue weighted by Gasteiger charge is 2.13. The van der Waals surface area contributed by atoms with Gasteiger partial charge in [0.05, 0.1) is 6.61 Å². The first-order valence-corrected chi connectivity index (χ1v) is 7.81. The van der Waals surface area contributed by atoms with Crippen molar-refractivity contribution in [3.05, 3.63) is 63.6 Å². The predicted octanol–water partition coefficient (Wildman–Crippen LogP) is 4.82. The van der Waals surface area contributed by atoms with Crippen LogP contribution in [0, 0.1) is 0 Å². The van der Waals surface area contributed by atoms with Crippen molar-refractivity contribution < 1.29 is 9.84 Å². The minimum atomic E-state index is -0.0300. The number of hydrogen-bond donors (Lipinski definition) is 1. The van der Waals surface area contributed by atoms with Crippen molar-refractivity contribution >= 4 is 15.9 Å². The molecule has 112 valence electrons. The Morgan fingerprint density at radius 2 is 1.71 bits per heavy atom. The van der Waals surface area contributed by atoms with Crippen molar-refractivity contribution in [2.75, 3.05) is 0 Å². The van der Waals surface area contributed by atoms with Gasteiger partial charge in [-0.3, -0.25) is 0 Å². The molecule has 2 rings (SSSR count). The van der Waals surface area contributed by atoms with Gasteiger partial charge in [0, 0.05) is 10.0 Å². The Morgan fingerprint density at radius 1 is 1.05 bits per heavy atom. The molecule has 0 aliphatic carbocycles. The molecule has 0 aliphatic heterocycles. The molecule has 0 bridgehead atoms. The lowest BCUT2D eigenvalue weighted by Gasteiger charge is -2.19. The van der Waals surface area contributed by atoms with Gasteiger partial charge in [0.15, 0.2) is 0 Å². The van der Waals surface area contributed by atoms with Crippen molar-refractivity contribution in [2.45, 2.75) is 39.4 Å². The van der Waals surface area contributed by atoms with Crippen molar-refractivity contribution in [1.82, 2.24) is 0 Å². The Balaban J connectivity index is 2.07.